The number of ether oxygens (including phenoxy) is 1. The van der Waals surface area contributed by atoms with Crippen LogP contribution in [-0.4, -0.2) is 44.6 Å². The van der Waals surface area contributed by atoms with Gasteiger partial charge < -0.3 is 10.1 Å². The van der Waals surface area contributed by atoms with Gasteiger partial charge in [-0.1, -0.05) is 12.1 Å². The number of methoxy groups -OCH3 is 1. The van der Waals surface area contributed by atoms with Crippen LogP contribution in [0.1, 0.15) is 18.0 Å². The van der Waals surface area contributed by atoms with Gasteiger partial charge in [0.1, 0.15) is 0 Å². The second-order valence-corrected chi connectivity index (χ2v) is 4.79. The highest BCUT2D eigenvalue weighted by Gasteiger charge is 2.28. The van der Waals surface area contributed by atoms with Crippen LogP contribution in [0.25, 0.3) is 0 Å². The van der Waals surface area contributed by atoms with Crippen molar-refractivity contribution in [1.82, 2.24) is 10.2 Å². The predicted octanol–water partition coefficient (Wildman–Crippen LogP) is 2.86. The fourth-order valence-electron chi connectivity index (χ4n) is 2.58. The molecule has 0 aliphatic carbocycles. The molecule has 1 atom stereocenters. The second kappa shape index (κ2) is 8.46. The summed E-state index contributed by atoms with van der Waals surface area (Å²) < 4.78 is 44.9. The standard InChI is InChI=1S/C14H19F3N2O.ClH/c1-20-12-4-2-3-10(14(12)17)11(9-13(15)16)19-7-5-18-6-8-19;/h2-4,11,13,18H,5-9H2,1H3;1H/t11-;/m0./s1. The third kappa shape index (κ3) is 4.49. The van der Waals surface area contributed by atoms with E-state index in [-0.39, 0.29) is 30.1 Å². The van der Waals surface area contributed by atoms with Crippen LogP contribution >= 0.6 is 12.4 Å². The molecule has 1 saturated heterocycles. The summed E-state index contributed by atoms with van der Waals surface area (Å²) in [4.78, 5) is 1.90. The Balaban J connectivity index is 0.00000220. The van der Waals surface area contributed by atoms with E-state index in [9.17, 15) is 13.2 Å². The Bertz CT molecular complexity index is 442. The number of halogens is 4. The number of nitrogens with one attached hydrogen (secondary N) is 1. The van der Waals surface area contributed by atoms with E-state index in [1.54, 1.807) is 12.1 Å². The van der Waals surface area contributed by atoms with Crippen LogP contribution in [-0.2, 0) is 0 Å². The van der Waals surface area contributed by atoms with Gasteiger partial charge in [-0.05, 0) is 6.07 Å². The molecule has 120 valence electrons. The molecule has 1 N–H and O–H groups in total. The molecular weight excluding hydrogens is 305 g/mol. The van der Waals surface area contributed by atoms with E-state index in [4.69, 9.17) is 4.74 Å². The zero-order chi connectivity index (χ0) is 14.5. The molecular formula is C14H20ClF3N2O. The molecule has 21 heavy (non-hydrogen) atoms. The Morgan fingerprint density at radius 2 is 1.95 bits per heavy atom. The van der Waals surface area contributed by atoms with E-state index in [1.165, 1.54) is 13.2 Å². The molecule has 1 aliphatic rings. The number of rotatable bonds is 5. The fraction of sp³-hybridized carbons (Fsp3) is 0.571. The van der Waals surface area contributed by atoms with Crippen LogP contribution in [0.5, 0.6) is 5.75 Å². The first-order chi connectivity index (χ1) is 9.63. The molecule has 2 rings (SSSR count). The summed E-state index contributed by atoms with van der Waals surface area (Å²) in [5, 5.41) is 3.16. The lowest BCUT2D eigenvalue weighted by Crippen LogP contribution is -2.45. The first-order valence-electron chi connectivity index (χ1n) is 6.68. The number of benzene rings is 1. The van der Waals surface area contributed by atoms with Gasteiger partial charge in [-0.3, -0.25) is 4.90 Å². The normalized spacial score (nSPS) is 17.4. The molecule has 1 aromatic carbocycles. The minimum Gasteiger partial charge on any atom is -0.494 e. The van der Waals surface area contributed by atoms with Crippen LogP contribution in [0.4, 0.5) is 13.2 Å². The highest BCUT2D eigenvalue weighted by atomic mass is 35.5. The van der Waals surface area contributed by atoms with E-state index in [2.05, 4.69) is 5.32 Å². The Morgan fingerprint density at radius 3 is 2.52 bits per heavy atom. The van der Waals surface area contributed by atoms with Crippen molar-refractivity contribution in [2.45, 2.75) is 18.9 Å². The molecule has 1 aliphatic heterocycles. The smallest absolute Gasteiger partial charge is 0.240 e. The number of hydrogen-bond donors (Lipinski definition) is 1. The van der Waals surface area contributed by atoms with Crippen molar-refractivity contribution in [1.29, 1.82) is 0 Å². The van der Waals surface area contributed by atoms with Crippen molar-refractivity contribution < 1.29 is 17.9 Å². The number of nitrogens with zero attached hydrogens (tertiary/aromatic N) is 1. The molecule has 0 spiro atoms. The van der Waals surface area contributed by atoms with Crippen molar-refractivity contribution in [2.75, 3.05) is 33.3 Å². The maximum Gasteiger partial charge on any atom is 0.240 e. The first kappa shape index (κ1) is 18.1. The van der Waals surface area contributed by atoms with Crippen molar-refractivity contribution in [2.24, 2.45) is 0 Å². The van der Waals surface area contributed by atoms with E-state index in [1.807, 2.05) is 4.90 Å². The lowest BCUT2D eigenvalue weighted by atomic mass is 10.00. The minimum absolute atomic E-state index is 0. The van der Waals surface area contributed by atoms with Crippen LogP contribution in [0, 0.1) is 5.82 Å². The first-order valence-corrected chi connectivity index (χ1v) is 6.68. The summed E-state index contributed by atoms with van der Waals surface area (Å²) in [6, 6.07) is 4.08. The van der Waals surface area contributed by atoms with Crippen LogP contribution in [0.3, 0.4) is 0 Å². The predicted molar refractivity (Wildman–Crippen MR) is 78.0 cm³/mol. The third-order valence-corrected chi connectivity index (χ3v) is 3.57. The molecule has 7 heteroatoms. The van der Waals surface area contributed by atoms with E-state index in [0.717, 1.165) is 13.1 Å². The van der Waals surface area contributed by atoms with Gasteiger partial charge in [-0.15, -0.1) is 12.4 Å². The van der Waals surface area contributed by atoms with Crippen molar-refractivity contribution in [3.05, 3.63) is 29.6 Å². The highest BCUT2D eigenvalue weighted by molar-refractivity contribution is 5.85. The molecule has 1 fully saturated rings. The average Bonchev–Trinajstić information content (AvgIpc) is 2.46. The molecule has 0 saturated carbocycles. The lowest BCUT2D eigenvalue weighted by molar-refractivity contribution is 0.0723. The zero-order valence-corrected chi connectivity index (χ0v) is 12.6. The molecule has 0 amide bonds. The average molecular weight is 325 g/mol. The Hall–Kier alpha value is -0.980. The molecule has 1 aromatic rings. The van der Waals surface area contributed by atoms with Crippen molar-refractivity contribution in [3.63, 3.8) is 0 Å². The quantitative estimate of drug-likeness (QED) is 0.901. The van der Waals surface area contributed by atoms with Gasteiger partial charge in [-0.25, -0.2) is 13.2 Å². The second-order valence-electron chi connectivity index (χ2n) is 4.79. The van der Waals surface area contributed by atoms with Crippen molar-refractivity contribution >= 4 is 12.4 Å². The summed E-state index contributed by atoms with van der Waals surface area (Å²) in [7, 11) is 1.37. The number of hydrogen-bond acceptors (Lipinski definition) is 3. The largest absolute Gasteiger partial charge is 0.494 e. The lowest BCUT2D eigenvalue weighted by Gasteiger charge is -2.35. The highest BCUT2D eigenvalue weighted by Crippen LogP contribution is 2.32. The van der Waals surface area contributed by atoms with Gasteiger partial charge in [0.05, 0.1) is 7.11 Å². The maximum atomic E-state index is 14.3. The molecule has 0 radical (unpaired) electrons. The van der Waals surface area contributed by atoms with Gasteiger partial charge in [0.2, 0.25) is 6.43 Å². The van der Waals surface area contributed by atoms with Crippen LogP contribution in [0.2, 0.25) is 0 Å². The third-order valence-electron chi connectivity index (χ3n) is 3.57. The van der Waals surface area contributed by atoms with Crippen LogP contribution in [0.15, 0.2) is 18.2 Å². The van der Waals surface area contributed by atoms with Crippen molar-refractivity contribution in [3.8, 4) is 5.75 Å². The van der Waals surface area contributed by atoms with Crippen LogP contribution < -0.4 is 10.1 Å². The Labute approximate surface area is 128 Å². The Morgan fingerprint density at radius 1 is 1.29 bits per heavy atom. The monoisotopic (exact) mass is 324 g/mol. The zero-order valence-electron chi connectivity index (χ0n) is 11.8. The minimum atomic E-state index is -2.47. The summed E-state index contributed by atoms with van der Waals surface area (Å²) in [5.41, 5.74) is 0.284. The molecule has 1 heterocycles. The SMILES string of the molecule is COc1cccc([C@H](CC(F)F)N2CCNCC2)c1F.Cl. The van der Waals surface area contributed by atoms with Gasteiger partial charge >= 0.3 is 0 Å². The van der Waals surface area contributed by atoms with Gasteiger partial charge in [-0.2, -0.15) is 0 Å². The van der Waals surface area contributed by atoms with E-state index < -0.39 is 18.3 Å². The van der Waals surface area contributed by atoms with E-state index >= 15 is 0 Å². The molecule has 0 aromatic heterocycles. The fourth-order valence-corrected chi connectivity index (χ4v) is 2.58. The summed E-state index contributed by atoms with van der Waals surface area (Å²) >= 11 is 0. The van der Waals surface area contributed by atoms with Gasteiger partial charge in [0, 0.05) is 44.2 Å². The number of piperazine rings is 1. The summed E-state index contributed by atoms with van der Waals surface area (Å²) in [6.07, 6.45) is -2.84. The number of alkyl halides is 2. The molecule has 0 bridgehead atoms. The van der Waals surface area contributed by atoms with Gasteiger partial charge in [0.25, 0.3) is 0 Å². The summed E-state index contributed by atoms with van der Waals surface area (Å²) in [5.74, 6) is -0.448. The molecule has 0 unspecified atom stereocenters. The maximum absolute atomic E-state index is 14.3. The van der Waals surface area contributed by atoms with Gasteiger partial charge in [0.15, 0.2) is 11.6 Å². The summed E-state index contributed by atoms with van der Waals surface area (Å²) in [6.45, 7) is 2.72. The topological polar surface area (TPSA) is 24.5 Å². The Kier molecular flexibility index (Phi) is 7.28. The molecule has 3 nitrogen and oxygen atoms in total. The van der Waals surface area contributed by atoms with E-state index in [0.29, 0.717) is 13.1 Å².